The Morgan fingerprint density at radius 3 is 2.45 bits per heavy atom. The molecule has 0 spiro atoms. The number of benzene rings is 2. The largest absolute Gasteiger partial charge is 0.231 e. The van der Waals surface area contributed by atoms with Gasteiger partial charge in [-0.15, -0.1) is 0 Å². The third kappa shape index (κ3) is 2.23. The standard InChI is InChI=1S/C19H17N/c1-3-15-9-7-8-12-17(15)18-13-14(2)19(20-18)16-10-5-4-6-11-16/h3-13,18H,1H2,2H3/p+1. The fourth-order valence-corrected chi connectivity index (χ4v) is 2.71. The van der Waals surface area contributed by atoms with Gasteiger partial charge in [-0.25, -0.2) is 4.99 Å². The Labute approximate surface area is 120 Å². The molecule has 1 unspecified atom stereocenters. The van der Waals surface area contributed by atoms with Crippen molar-refractivity contribution >= 4 is 11.8 Å². The molecule has 0 amide bonds. The molecule has 20 heavy (non-hydrogen) atoms. The van der Waals surface area contributed by atoms with Crippen LogP contribution in [-0.4, -0.2) is 5.71 Å². The van der Waals surface area contributed by atoms with E-state index in [1.165, 1.54) is 28.0 Å². The zero-order valence-electron chi connectivity index (χ0n) is 11.6. The number of hydrogen-bond donors (Lipinski definition) is 1. The fraction of sp³-hybridized carbons (Fsp3) is 0.105. The number of allylic oxidation sites excluding steroid dienone is 1. The Morgan fingerprint density at radius 1 is 1.00 bits per heavy atom. The molecule has 1 nitrogen and oxygen atoms in total. The molecule has 1 aliphatic rings. The van der Waals surface area contributed by atoms with E-state index < -0.39 is 0 Å². The lowest BCUT2D eigenvalue weighted by Gasteiger charge is -2.05. The highest BCUT2D eigenvalue weighted by molar-refractivity contribution is 6.09. The maximum absolute atomic E-state index is 3.90. The van der Waals surface area contributed by atoms with E-state index in [9.17, 15) is 0 Å². The van der Waals surface area contributed by atoms with Crippen LogP contribution < -0.4 is 4.99 Å². The average Bonchev–Trinajstić information content (AvgIpc) is 2.90. The van der Waals surface area contributed by atoms with Crippen LogP contribution in [0.2, 0.25) is 0 Å². The summed E-state index contributed by atoms with van der Waals surface area (Å²) in [6, 6.07) is 19.1. The summed E-state index contributed by atoms with van der Waals surface area (Å²) in [5, 5.41) is 0. The molecule has 3 rings (SSSR count). The van der Waals surface area contributed by atoms with E-state index in [1.807, 2.05) is 18.2 Å². The van der Waals surface area contributed by atoms with Crippen LogP contribution in [0.3, 0.4) is 0 Å². The molecule has 2 aromatic carbocycles. The smallest absolute Gasteiger partial charge is 0.209 e. The van der Waals surface area contributed by atoms with Crippen molar-refractivity contribution < 1.29 is 4.99 Å². The Balaban J connectivity index is 2.02. The first kappa shape index (κ1) is 12.6. The van der Waals surface area contributed by atoms with E-state index in [0.717, 1.165) is 0 Å². The lowest BCUT2D eigenvalue weighted by molar-refractivity contribution is -0.489. The summed E-state index contributed by atoms with van der Waals surface area (Å²) in [4.78, 5) is 3.62. The van der Waals surface area contributed by atoms with Crippen LogP contribution in [0.5, 0.6) is 0 Å². The predicted molar refractivity (Wildman–Crippen MR) is 84.5 cm³/mol. The third-order valence-corrected chi connectivity index (χ3v) is 3.72. The number of nitrogens with one attached hydrogen (secondary N) is 1. The van der Waals surface area contributed by atoms with E-state index in [1.54, 1.807) is 0 Å². The van der Waals surface area contributed by atoms with Crippen molar-refractivity contribution in [3.63, 3.8) is 0 Å². The van der Waals surface area contributed by atoms with Crippen molar-refractivity contribution in [1.29, 1.82) is 0 Å². The maximum Gasteiger partial charge on any atom is 0.209 e. The molecule has 0 radical (unpaired) electrons. The molecule has 0 aliphatic carbocycles. The lowest BCUT2D eigenvalue weighted by atomic mass is 10.00. The van der Waals surface area contributed by atoms with Crippen LogP contribution in [0.4, 0.5) is 0 Å². The normalized spacial score (nSPS) is 17.6. The van der Waals surface area contributed by atoms with E-state index in [4.69, 9.17) is 0 Å². The summed E-state index contributed by atoms with van der Waals surface area (Å²) in [5.41, 5.74) is 6.20. The van der Waals surface area contributed by atoms with Gasteiger partial charge < -0.3 is 0 Å². The first-order chi connectivity index (χ1) is 9.79. The maximum atomic E-state index is 3.90. The van der Waals surface area contributed by atoms with Gasteiger partial charge in [0.1, 0.15) is 0 Å². The van der Waals surface area contributed by atoms with Crippen LogP contribution in [0, 0.1) is 0 Å². The van der Waals surface area contributed by atoms with Crippen LogP contribution in [-0.2, 0) is 0 Å². The average molecular weight is 260 g/mol. The molecule has 2 aromatic rings. The van der Waals surface area contributed by atoms with Gasteiger partial charge in [-0.2, -0.15) is 0 Å². The van der Waals surface area contributed by atoms with Gasteiger partial charge in [-0.1, -0.05) is 55.1 Å². The van der Waals surface area contributed by atoms with Crippen molar-refractivity contribution in [2.24, 2.45) is 0 Å². The Bertz CT molecular complexity index is 693. The molecule has 98 valence electrons. The minimum absolute atomic E-state index is 0.222. The molecule has 0 saturated carbocycles. The monoisotopic (exact) mass is 260 g/mol. The summed E-state index contributed by atoms with van der Waals surface area (Å²) in [7, 11) is 0. The Morgan fingerprint density at radius 2 is 1.70 bits per heavy atom. The van der Waals surface area contributed by atoms with Gasteiger partial charge in [-0.3, -0.25) is 0 Å². The molecule has 0 saturated heterocycles. The van der Waals surface area contributed by atoms with Crippen molar-refractivity contribution in [2.45, 2.75) is 13.0 Å². The summed E-state index contributed by atoms with van der Waals surface area (Å²) >= 11 is 0. The molecular formula is C19H18N+. The highest BCUT2D eigenvalue weighted by Gasteiger charge is 2.26. The molecule has 1 N–H and O–H groups in total. The van der Waals surface area contributed by atoms with E-state index in [-0.39, 0.29) is 6.04 Å². The molecule has 0 bridgehead atoms. The topological polar surface area (TPSA) is 14.0 Å². The van der Waals surface area contributed by atoms with E-state index in [0.29, 0.717) is 0 Å². The summed E-state index contributed by atoms with van der Waals surface area (Å²) in [5.74, 6) is 0. The molecular weight excluding hydrogens is 242 g/mol. The molecule has 1 aliphatic heterocycles. The molecule has 1 heterocycles. The van der Waals surface area contributed by atoms with Gasteiger partial charge in [0, 0.05) is 16.7 Å². The highest BCUT2D eigenvalue weighted by atomic mass is 14.8. The van der Waals surface area contributed by atoms with Crippen LogP contribution in [0.1, 0.15) is 29.7 Å². The zero-order chi connectivity index (χ0) is 13.9. The minimum Gasteiger partial charge on any atom is -0.231 e. The minimum atomic E-state index is 0.222. The molecule has 0 aromatic heterocycles. The third-order valence-electron chi connectivity index (χ3n) is 3.72. The second kappa shape index (κ2) is 5.30. The van der Waals surface area contributed by atoms with Gasteiger partial charge in [0.15, 0.2) is 6.04 Å². The van der Waals surface area contributed by atoms with Gasteiger partial charge >= 0.3 is 0 Å². The summed E-state index contributed by atoms with van der Waals surface area (Å²) in [6.07, 6.45) is 4.20. The molecule has 1 heteroatoms. The van der Waals surface area contributed by atoms with Crippen LogP contribution in [0.15, 0.2) is 72.8 Å². The number of hydrogen-bond acceptors (Lipinski definition) is 0. The predicted octanol–water partition coefficient (Wildman–Crippen LogP) is 2.90. The molecule has 0 fully saturated rings. The van der Waals surface area contributed by atoms with E-state index in [2.05, 4.69) is 67.0 Å². The first-order valence-corrected chi connectivity index (χ1v) is 6.88. The highest BCUT2D eigenvalue weighted by Crippen LogP contribution is 2.21. The van der Waals surface area contributed by atoms with Crippen molar-refractivity contribution in [1.82, 2.24) is 0 Å². The number of rotatable bonds is 3. The second-order valence-corrected chi connectivity index (χ2v) is 5.05. The van der Waals surface area contributed by atoms with E-state index >= 15 is 0 Å². The van der Waals surface area contributed by atoms with Crippen molar-refractivity contribution in [3.8, 4) is 0 Å². The first-order valence-electron chi connectivity index (χ1n) is 6.88. The Kier molecular flexibility index (Phi) is 3.34. The fourth-order valence-electron chi connectivity index (χ4n) is 2.71. The summed E-state index contributed by atoms with van der Waals surface area (Å²) < 4.78 is 0. The van der Waals surface area contributed by atoms with Gasteiger partial charge in [0.25, 0.3) is 0 Å². The van der Waals surface area contributed by atoms with Crippen molar-refractivity contribution in [3.05, 3.63) is 89.5 Å². The van der Waals surface area contributed by atoms with Crippen LogP contribution >= 0.6 is 0 Å². The van der Waals surface area contributed by atoms with Crippen LogP contribution in [0.25, 0.3) is 6.08 Å². The van der Waals surface area contributed by atoms with Gasteiger partial charge in [0.05, 0.1) is 0 Å². The SMILES string of the molecule is C=Cc1ccccc1C1C=C(C)C(c2ccccc2)=[NH+]1. The van der Waals surface area contributed by atoms with Gasteiger partial charge in [-0.05, 0) is 30.7 Å². The summed E-state index contributed by atoms with van der Waals surface area (Å²) in [6.45, 7) is 6.06. The van der Waals surface area contributed by atoms with Crippen molar-refractivity contribution in [2.75, 3.05) is 0 Å². The van der Waals surface area contributed by atoms with Gasteiger partial charge in [0.2, 0.25) is 5.71 Å². The lowest BCUT2D eigenvalue weighted by Crippen LogP contribution is -2.72. The quantitative estimate of drug-likeness (QED) is 0.872. The molecule has 1 atom stereocenters. The second-order valence-electron chi connectivity index (χ2n) is 5.05. The zero-order valence-corrected chi connectivity index (χ0v) is 11.6. The Hall–Kier alpha value is -2.41.